The maximum atomic E-state index is 5.65. The lowest BCUT2D eigenvalue weighted by Gasteiger charge is -2.41. The second-order valence-electron chi connectivity index (χ2n) is 4.68. The van der Waals surface area contributed by atoms with Crippen LogP contribution >= 0.6 is 0 Å². The average molecular weight is 228 g/mol. The Hall–Kier alpha value is -1.45. The van der Waals surface area contributed by atoms with Crippen LogP contribution in [0.2, 0.25) is 0 Å². The molecule has 2 heterocycles. The van der Waals surface area contributed by atoms with E-state index in [0.717, 1.165) is 19.5 Å². The molecule has 88 valence electrons. The number of methoxy groups -OCH3 is 1. The molecule has 0 spiro atoms. The van der Waals surface area contributed by atoms with E-state index in [0.29, 0.717) is 0 Å². The molecule has 1 aromatic heterocycles. The van der Waals surface area contributed by atoms with Gasteiger partial charge in [0.2, 0.25) is 0 Å². The van der Waals surface area contributed by atoms with Crippen LogP contribution in [0.25, 0.3) is 10.8 Å². The second-order valence-corrected chi connectivity index (χ2v) is 4.68. The highest BCUT2D eigenvalue weighted by atomic mass is 16.5. The number of benzene rings is 1. The van der Waals surface area contributed by atoms with Gasteiger partial charge >= 0.3 is 0 Å². The molecule has 2 aromatic rings. The van der Waals surface area contributed by atoms with Gasteiger partial charge in [0.15, 0.2) is 0 Å². The van der Waals surface area contributed by atoms with Crippen LogP contribution in [0, 0.1) is 0 Å². The van der Waals surface area contributed by atoms with Crippen molar-refractivity contribution in [3.63, 3.8) is 0 Å². The number of hydrogen-bond acceptors (Lipinski definition) is 3. The fourth-order valence-electron chi connectivity index (χ4n) is 2.44. The van der Waals surface area contributed by atoms with Gasteiger partial charge in [-0.05, 0) is 17.0 Å². The summed E-state index contributed by atoms with van der Waals surface area (Å²) in [5.41, 5.74) is 1.32. The Kier molecular flexibility index (Phi) is 2.57. The van der Waals surface area contributed by atoms with E-state index in [1.165, 1.54) is 16.3 Å². The summed E-state index contributed by atoms with van der Waals surface area (Å²) in [5, 5.41) is 5.76. The van der Waals surface area contributed by atoms with Crippen LogP contribution in [0.4, 0.5) is 0 Å². The van der Waals surface area contributed by atoms with Crippen molar-refractivity contribution in [2.75, 3.05) is 20.2 Å². The number of hydrogen-bond donors (Lipinski definition) is 1. The third-order valence-electron chi connectivity index (χ3n) is 3.61. The molecule has 0 radical (unpaired) electrons. The molecular formula is C14H16N2O. The predicted octanol–water partition coefficient (Wildman–Crippen LogP) is 1.77. The topological polar surface area (TPSA) is 34.1 Å². The first-order valence-corrected chi connectivity index (χ1v) is 5.90. The SMILES string of the molecule is COC1(Cc2cccc3cnccc23)CNC1. The summed E-state index contributed by atoms with van der Waals surface area (Å²) in [5.74, 6) is 0. The van der Waals surface area contributed by atoms with E-state index in [4.69, 9.17) is 4.74 Å². The maximum absolute atomic E-state index is 5.65. The number of aromatic nitrogens is 1. The van der Waals surface area contributed by atoms with Gasteiger partial charge in [-0.15, -0.1) is 0 Å². The van der Waals surface area contributed by atoms with Crippen molar-refractivity contribution < 1.29 is 4.74 Å². The third kappa shape index (κ3) is 1.81. The van der Waals surface area contributed by atoms with Crippen molar-refractivity contribution in [2.45, 2.75) is 12.0 Å². The first-order valence-electron chi connectivity index (χ1n) is 5.90. The largest absolute Gasteiger partial charge is 0.375 e. The van der Waals surface area contributed by atoms with E-state index in [9.17, 15) is 0 Å². The summed E-state index contributed by atoms with van der Waals surface area (Å²) in [4.78, 5) is 4.16. The van der Waals surface area contributed by atoms with Crippen molar-refractivity contribution in [3.05, 3.63) is 42.2 Å². The zero-order valence-corrected chi connectivity index (χ0v) is 9.94. The maximum Gasteiger partial charge on any atom is 0.0966 e. The third-order valence-corrected chi connectivity index (χ3v) is 3.61. The quantitative estimate of drug-likeness (QED) is 0.869. The first-order chi connectivity index (χ1) is 8.33. The molecule has 0 unspecified atom stereocenters. The van der Waals surface area contributed by atoms with Crippen LogP contribution in [0.1, 0.15) is 5.56 Å². The molecule has 0 amide bonds. The molecule has 1 aromatic carbocycles. The summed E-state index contributed by atoms with van der Waals surface area (Å²) in [6.45, 7) is 1.87. The number of ether oxygens (including phenoxy) is 1. The summed E-state index contributed by atoms with van der Waals surface area (Å²) >= 11 is 0. The van der Waals surface area contributed by atoms with Crippen molar-refractivity contribution in [1.82, 2.24) is 10.3 Å². The Labute approximate surface area is 101 Å². The standard InChI is InChI=1S/C14H16N2O/c1-17-14(9-16-10-14)7-11-3-2-4-12-8-15-6-5-13(11)12/h2-6,8,16H,7,9-10H2,1H3. The molecule has 0 bridgehead atoms. The van der Waals surface area contributed by atoms with Crippen molar-refractivity contribution in [1.29, 1.82) is 0 Å². The highest BCUT2D eigenvalue weighted by Gasteiger charge is 2.37. The molecule has 3 rings (SSSR count). The molecular weight excluding hydrogens is 212 g/mol. The van der Waals surface area contributed by atoms with Crippen molar-refractivity contribution >= 4 is 10.8 Å². The summed E-state index contributed by atoms with van der Waals surface area (Å²) in [6, 6.07) is 8.46. The zero-order valence-electron chi connectivity index (χ0n) is 9.94. The smallest absolute Gasteiger partial charge is 0.0966 e. The molecule has 1 fully saturated rings. The van der Waals surface area contributed by atoms with E-state index in [-0.39, 0.29) is 5.60 Å². The number of fused-ring (bicyclic) bond motifs is 1. The van der Waals surface area contributed by atoms with Gasteiger partial charge in [0, 0.05) is 44.4 Å². The highest BCUT2D eigenvalue weighted by Crippen LogP contribution is 2.26. The minimum atomic E-state index is -0.0163. The molecule has 0 aliphatic carbocycles. The molecule has 17 heavy (non-hydrogen) atoms. The van der Waals surface area contributed by atoms with Crippen molar-refractivity contribution in [3.8, 4) is 0 Å². The Balaban J connectivity index is 2.00. The molecule has 0 atom stereocenters. The van der Waals surface area contributed by atoms with Crippen molar-refractivity contribution in [2.24, 2.45) is 0 Å². The van der Waals surface area contributed by atoms with Gasteiger partial charge in [-0.2, -0.15) is 0 Å². The van der Waals surface area contributed by atoms with E-state index >= 15 is 0 Å². The van der Waals surface area contributed by atoms with Crippen LogP contribution in [0.3, 0.4) is 0 Å². The molecule has 3 heteroatoms. The van der Waals surface area contributed by atoms with E-state index in [2.05, 4.69) is 34.6 Å². The fourth-order valence-corrected chi connectivity index (χ4v) is 2.44. The molecule has 1 N–H and O–H groups in total. The van der Waals surface area contributed by atoms with Crippen LogP contribution < -0.4 is 5.32 Å². The Morgan fingerprint density at radius 3 is 2.94 bits per heavy atom. The predicted molar refractivity (Wildman–Crippen MR) is 68.1 cm³/mol. The van der Waals surface area contributed by atoms with Gasteiger partial charge in [0.25, 0.3) is 0 Å². The lowest BCUT2D eigenvalue weighted by molar-refractivity contribution is -0.0500. The minimum absolute atomic E-state index is 0.0163. The Bertz CT molecular complexity index is 524. The van der Waals surface area contributed by atoms with Gasteiger partial charge in [-0.3, -0.25) is 4.98 Å². The van der Waals surface area contributed by atoms with E-state index in [1.54, 1.807) is 7.11 Å². The fraction of sp³-hybridized carbons (Fsp3) is 0.357. The summed E-state index contributed by atoms with van der Waals surface area (Å²) in [6.07, 6.45) is 4.72. The second kappa shape index (κ2) is 4.09. The number of nitrogens with one attached hydrogen (secondary N) is 1. The van der Waals surface area contributed by atoms with E-state index in [1.807, 2.05) is 12.4 Å². The molecule has 3 nitrogen and oxygen atoms in total. The van der Waals surface area contributed by atoms with Gasteiger partial charge in [0.05, 0.1) is 5.60 Å². The van der Waals surface area contributed by atoms with Gasteiger partial charge in [-0.1, -0.05) is 18.2 Å². The Morgan fingerprint density at radius 1 is 1.35 bits per heavy atom. The zero-order chi connectivity index (χ0) is 11.7. The highest BCUT2D eigenvalue weighted by molar-refractivity contribution is 5.84. The molecule has 1 saturated heterocycles. The van der Waals surface area contributed by atoms with Crippen LogP contribution in [-0.2, 0) is 11.2 Å². The van der Waals surface area contributed by atoms with Crippen LogP contribution in [0.5, 0.6) is 0 Å². The Morgan fingerprint density at radius 2 is 2.24 bits per heavy atom. The summed E-state index contributed by atoms with van der Waals surface area (Å²) < 4.78 is 5.65. The van der Waals surface area contributed by atoms with Crippen LogP contribution in [0.15, 0.2) is 36.7 Å². The molecule has 1 aliphatic heterocycles. The van der Waals surface area contributed by atoms with Gasteiger partial charge in [0.1, 0.15) is 0 Å². The lowest BCUT2D eigenvalue weighted by atomic mass is 9.87. The normalized spacial score (nSPS) is 17.9. The number of nitrogens with zero attached hydrogens (tertiary/aromatic N) is 1. The number of pyridine rings is 1. The molecule has 0 saturated carbocycles. The number of rotatable bonds is 3. The monoisotopic (exact) mass is 228 g/mol. The average Bonchev–Trinajstić information content (AvgIpc) is 2.34. The lowest BCUT2D eigenvalue weighted by Crippen LogP contribution is -2.61. The minimum Gasteiger partial charge on any atom is -0.375 e. The summed E-state index contributed by atoms with van der Waals surface area (Å²) in [7, 11) is 1.80. The van der Waals surface area contributed by atoms with Gasteiger partial charge in [-0.25, -0.2) is 0 Å². The van der Waals surface area contributed by atoms with Crippen LogP contribution in [-0.4, -0.2) is 30.8 Å². The first kappa shape index (κ1) is 10.7. The van der Waals surface area contributed by atoms with E-state index < -0.39 is 0 Å². The molecule has 1 aliphatic rings. The van der Waals surface area contributed by atoms with Gasteiger partial charge < -0.3 is 10.1 Å².